The fourth-order valence-electron chi connectivity index (χ4n) is 1.35. The summed E-state index contributed by atoms with van der Waals surface area (Å²) in [6.07, 6.45) is 2.34. The van der Waals surface area contributed by atoms with Crippen molar-refractivity contribution in [1.82, 2.24) is 9.78 Å². The molecule has 1 aliphatic carbocycles. The molecule has 0 aromatic carbocycles. The van der Waals surface area contributed by atoms with Crippen LogP contribution in [0.4, 0.5) is 8.78 Å². The number of nitrogens with zero attached hydrogens (tertiary/aromatic N) is 2. The average molecular weight is 251 g/mol. The number of rotatable bonds is 3. The highest BCUT2D eigenvalue weighted by Gasteiger charge is 2.51. The second kappa shape index (κ2) is 3.04. The normalized spacial score (nSPS) is 19.4. The standard InChI is InChI=1S/C8H9BrF2N2/c9-6-3-12-13(4-6)5-8(1-2-8)7(10)11/h3-4,7H,1-2,5H2. The minimum Gasteiger partial charge on any atom is -0.271 e. The quantitative estimate of drug-likeness (QED) is 0.807. The van der Waals surface area contributed by atoms with E-state index in [9.17, 15) is 8.78 Å². The number of hydrogen-bond acceptors (Lipinski definition) is 1. The summed E-state index contributed by atoms with van der Waals surface area (Å²) in [5.41, 5.74) is -0.786. The molecule has 0 amide bonds. The third-order valence-corrected chi connectivity index (χ3v) is 2.84. The van der Waals surface area contributed by atoms with Crippen LogP contribution in [0.3, 0.4) is 0 Å². The van der Waals surface area contributed by atoms with Crippen LogP contribution in [0.1, 0.15) is 12.8 Å². The Labute approximate surface area is 83.1 Å². The molecule has 1 aliphatic rings. The number of hydrogen-bond donors (Lipinski definition) is 0. The van der Waals surface area contributed by atoms with Crippen molar-refractivity contribution in [3.05, 3.63) is 16.9 Å². The van der Waals surface area contributed by atoms with Gasteiger partial charge in [0.25, 0.3) is 0 Å². The van der Waals surface area contributed by atoms with Gasteiger partial charge in [-0.3, -0.25) is 4.68 Å². The molecule has 0 radical (unpaired) electrons. The lowest BCUT2D eigenvalue weighted by molar-refractivity contribution is 0.0490. The minimum atomic E-state index is -2.23. The highest BCUT2D eigenvalue weighted by molar-refractivity contribution is 9.10. The predicted molar refractivity (Wildman–Crippen MR) is 47.6 cm³/mol. The largest absolute Gasteiger partial charge is 0.271 e. The van der Waals surface area contributed by atoms with Gasteiger partial charge in [-0.25, -0.2) is 8.78 Å². The Morgan fingerprint density at radius 1 is 1.62 bits per heavy atom. The summed E-state index contributed by atoms with van der Waals surface area (Å²) < 4.78 is 27.4. The molecule has 0 N–H and O–H groups in total. The summed E-state index contributed by atoms with van der Waals surface area (Å²) in [6.45, 7) is 0.330. The van der Waals surface area contributed by atoms with E-state index in [1.54, 1.807) is 17.1 Å². The number of alkyl halides is 2. The third-order valence-electron chi connectivity index (χ3n) is 2.43. The van der Waals surface area contributed by atoms with Crippen LogP contribution >= 0.6 is 15.9 Å². The molecule has 0 bridgehead atoms. The molecule has 0 atom stereocenters. The van der Waals surface area contributed by atoms with Crippen LogP contribution in [-0.4, -0.2) is 16.2 Å². The predicted octanol–water partition coefficient (Wildman–Crippen LogP) is 2.69. The van der Waals surface area contributed by atoms with Crippen molar-refractivity contribution in [3.63, 3.8) is 0 Å². The van der Waals surface area contributed by atoms with Gasteiger partial charge in [-0.15, -0.1) is 0 Å². The van der Waals surface area contributed by atoms with E-state index in [2.05, 4.69) is 21.0 Å². The molecule has 5 heteroatoms. The molecule has 1 aromatic rings. The van der Waals surface area contributed by atoms with E-state index in [0.717, 1.165) is 4.47 Å². The van der Waals surface area contributed by atoms with Crippen molar-refractivity contribution in [2.75, 3.05) is 0 Å². The zero-order chi connectivity index (χ0) is 9.47. The number of aromatic nitrogens is 2. The summed E-state index contributed by atoms with van der Waals surface area (Å²) in [7, 11) is 0. The summed E-state index contributed by atoms with van der Waals surface area (Å²) in [4.78, 5) is 0. The van der Waals surface area contributed by atoms with Gasteiger partial charge in [0.15, 0.2) is 0 Å². The SMILES string of the molecule is FC(F)C1(Cn2cc(Br)cn2)CC1. The van der Waals surface area contributed by atoms with Gasteiger partial charge in [-0.05, 0) is 28.8 Å². The highest BCUT2D eigenvalue weighted by Crippen LogP contribution is 2.51. The highest BCUT2D eigenvalue weighted by atomic mass is 79.9. The van der Waals surface area contributed by atoms with E-state index in [0.29, 0.717) is 19.4 Å². The first-order valence-electron chi connectivity index (χ1n) is 4.08. The second-order valence-corrected chi connectivity index (χ2v) is 4.43. The van der Waals surface area contributed by atoms with Gasteiger partial charge in [-0.2, -0.15) is 5.10 Å². The summed E-state index contributed by atoms with van der Waals surface area (Å²) in [5.74, 6) is 0. The molecule has 0 saturated heterocycles. The topological polar surface area (TPSA) is 17.8 Å². The molecule has 0 spiro atoms. The Hall–Kier alpha value is -0.450. The van der Waals surface area contributed by atoms with Crippen LogP contribution < -0.4 is 0 Å². The van der Waals surface area contributed by atoms with Crippen molar-refractivity contribution in [2.45, 2.75) is 25.8 Å². The van der Waals surface area contributed by atoms with Crippen LogP contribution in [0.5, 0.6) is 0 Å². The molecule has 1 fully saturated rings. The molecular formula is C8H9BrF2N2. The fourth-order valence-corrected chi connectivity index (χ4v) is 1.68. The van der Waals surface area contributed by atoms with Gasteiger partial charge in [0, 0.05) is 6.20 Å². The summed E-state index contributed by atoms with van der Waals surface area (Å²) in [6, 6.07) is 0. The molecule has 13 heavy (non-hydrogen) atoms. The summed E-state index contributed by atoms with van der Waals surface area (Å²) >= 11 is 3.23. The minimum absolute atomic E-state index is 0.330. The monoisotopic (exact) mass is 250 g/mol. The van der Waals surface area contributed by atoms with Gasteiger partial charge >= 0.3 is 0 Å². The van der Waals surface area contributed by atoms with Crippen molar-refractivity contribution in [2.24, 2.45) is 5.41 Å². The Morgan fingerprint density at radius 2 is 2.31 bits per heavy atom. The summed E-state index contributed by atoms with van der Waals surface area (Å²) in [5, 5.41) is 3.96. The van der Waals surface area contributed by atoms with Crippen LogP contribution in [-0.2, 0) is 6.54 Å². The molecular weight excluding hydrogens is 242 g/mol. The van der Waals surface area contributed by atoms with E-state index in [1.807, 2.05) is 0 Å². The third kappa shape index (κ3) is 1.75. The maximum atomic E-state index is 12.5. The van der Waals surface area contributed by atoms with Crippen LogP contribution in [0.2, 0.25) is 0 Å². The molecule has 0 aliphatic heterocycles. The van der Waals surface area contributed by atoms with Crippen LogP contribution in [0.15, 0.2) is 16.9 Å². The lowest BCUT2D eigenvalue weighted by Gasteiger charge is -2.13. The molecule has 1 heterocycles. The first-order chi connectivity index (χ1) is 6.12. The van der Waals surface area contributed by atoms with E-state index >= 15 is 0 Å². The molecule has 1 saturated carbocycles. The average Bonchev–Trinajstić information content (AvgIpc) is 2.72. The van der Waals surface area contributed by atoms with Crippen molar-refractivity contribution in [3.8, 4) is 0 Å². The molecule has 72 valence electrons. The lowest BCUT2D eigenvalue weighted by atomic mass is 10.1. The Balaban J connectivity index is 2.06. The lowest BCUT2D eigenvalue weighted by Crippen LogP contribution is -2.19. The van der Waals surface area contributed by atoms with E-state index in [4.69, 9.17) is 0 Å². The maximum Gasteiger partial charge on any atom is 0.245 e. The molecule has 2 rings (SSSR count). The van der Waals surface area contributed by atoms with Crippen LogP contribution in [0.25, 0.3) is 0 Å². The van der Waals surface area contributed by atoms with Gasteiger partial charge < -0.3 is 0 Å². The van der Waals surface area contributed by atoms with Crippen LogP contribution in [0, 0.1) is 5.41 Å². The van der Waals surface area contributed by atoms with Gasteiger partial charge in [0.05, 0.1) is 22.6 Å². The number of halogens is 3. The fraction of sp³-hybridized carbons (Fsp3) is 0.625. The first-order valence-corrected chi connectivity index (χ1v) is 4.88. The van der Waals surface area contributed by atoms with E-state index in [-0.39, 0.29) is 0 Å². The Morgan fingerprint density at radius 3 is 2.69 bits per heavy atom. The van der Waals surface area contributed by atoms with Gasteiger partial charge in [-0.1, -0.05) is 0 Å². The maximum absolute atomic E-state index is 12.5. The van der Waals surface area contributed by atoms with Crippen molar-refractivity contribution in [1.29, 1.82) is 0 Å². The van der Waals surface area contributed by atoms with Crippen molar-refractivity contribution >= 4 is 15.9 Å². The van der Waals surface area contributed by atoms with E-state index in [1.165, 1.54) is 0 Å². The Bertz CT molecular complexity index is 307. The Kier molecular flexibility index (Phi) is 2.14. The van der Waals surface area contributed by atoms with Gasteiger partial charge in [0.2, 0.25) is 6.43 Å². The van der Waals surface area contributed by atoms with E-state index < -0.39 is 11.8 Å². The first kappa shape index (κ1) is 9.12. The zero-order valence-corrected chi connectivity index (χ0v) is 8.47. The van der Waals surface area contributed by atoms with Gasteiger partial charge in [0.1, 0.15) is 0 Å². The molecule has 0 unspecified atom stereocenters. The smallest absolute Gasteiger partial charge is 0.245 e. The molecule has 1 aromatic heterocycles. The van der Waals surface area contributed by atoms with Crippen molar-refractivity contribution < 1.29 is 8.78 Å². The second-order valence-electron chi connectivity index (χ2n) is 3.52. The zero-order valence-electron chi connectivity index (χ0n) is 6.88. The molecule has 2 nitrogen and oxygen atoms in total.